The van der Waals surface area contributed by atoms with Crippen molar-refractivity contribution in [3.8, 4) is 11.5 Å². The number of carbonyl (C=O) groups is 1. The molecule has 3 aromatic carbocycles. The lowest BCUT2D eigenvalue weighted by Crippen LogP contribution is -2.17. The van der Waals surface area contributed by atoms with Crippen molar-refractivity contribution in [2.45, 2.75) is 13.5 Å². The van der Waals surface area contributed by atoms with Gasteiger partial charge in [-0.3, -0.25) is 4.79 Å². The van der Waals surface area contributed by atoms with Crippen LogP contribution in [0.15, 0.2) is 70.2 Å². The van der Waals surface area contributed by atoms with Gasteiger partial charge in [0.25, 0.3) is 5.91 Å². The lowest BCUT2D eigenvalue weighted by atomic mass is 10.1. The zero-order chi connectivity index (χ0) is 21.5. The molecule has 3 rings (SSSR count). The fourth-order valence-corrected chi connectivity index (χ4v) is 3.22. The van der Waals surface area contributed by atoms with E-state index in [9.17, 15) is 4.79 Å². The number of hydrazone groups is 1. The Morgan fingerprint density at radius 3 is 2.60 bits per heavy atom. The van der Waals surface area contributed by atoms with Crippen LogP contribution in [0.1, 0.15) is 27.0 Å². The minimum absolute atomic E-state index is 0.348. The van der Waals surface area contributed by atoms with E-state index in [0.717, 1.165) is 21.2 Å². The molecule has 1 amide bonds. The van der Waals surface area contributed by atoms with E-state index >= 15 is 0 Å². The minimum Gasteiger partial charge on any atom is -0.493 e. The highest BCUT2D eigenvalue weighted by Gasteiger charge is 2.11. The number of halogens is 2. The van der Waals surface area contributed by atoms with Gasteiger partial charge < -0.3 is 9.47 Å². The molecule has 0 saturated heterocycles. The largest absolute Gasteiger partial charge is 0.493 e. The number of aryl methyl sites for hydroxylation is 1. The topological polar surface area (TPSA) is 59.9 Å². The molecule has 0 spiro atoms. The van der Waals surface area contributed by atoms with Crippen molar-refractivity contribution in [2.75, 3.05) is 7.11 Å². The Balaban J connectivity index is 1.69. The van der Waals surface area contributed by atoms with Crippen molar-refractivity contribution >= 4 is 39.7 Å². The maximum atomic E-state index is 12.2. The van der Waals surface area contributed by atoms with Crippen molar-refractivity contribution in [1.29, 1.82) is 0 Å². The number of hydrogen-bond acceptors (Lipinski definition) is 4. The van der Waals surface area contributed by atoms with Crippen LogP contribution < -0.4 is 14.9 Å². The van der Waals surface area contributed by atoms with Gasteiger partial charge in [-0.25, -0.2) is 5.43 Å². The molecule has 30 heavy (non-hydrogen) atoms. The highest BCUT2D eigenvalue weighted by molar-refractivity contribution is 9.10. The van der Waals surface area contributed by atoms with Crippen LogP contribution in [0, 0.1) is 6.92 Å². The van der Waals surface area contributed by atoms with E-state index in [1.165, 1.54) is 6.21 Å². The van der Waals surface area contributed by atoms with E-state index < -0.39 is 0 Å². The predicted molar refractivity (Wildman–Crippen MR) is 123 cm³/mol. The van der Waals surface area contributed by atoms with Gasteiger partial charge in [0.1, 0.15) is 6.61 Å². The molecule has 5 nitrogen and oxygen atoms in total. The Kier molecular flexibility index (Phi) is 7.49. The van der Waals surface area contributed by atoms with Gasteiger partial charge in [0.15, 0.2) is 11.5 Å². The number of carbonyl (C=O) groups excluding carboxylic acids is 1. The van der Waals surface area contributed by atoms with Crippen molar-refractivity contribution in [1.82, 2.24) is 5.43 Å². The Bertz CT molecular complexity index is 1070. The monoisotopic (exact) mass is 486 g/mol. The number of hydrogen-bond donors (Lipinski definition) is 1. The fourth-order valence-electron chi connectivity index (χ4n) is 2.62. The summed E-state index contributed by atoms with van der Waals surface area (Å²) < 4.78 is 12.1. The van der Waals surface area contributed by atoms with Gasteiger partial charge in [0.05, 0.1) is 13.3 Å². The van der Waals surface area contributed by atoms with Crippen LogP contribution >= 0.6 is 27.5 Å². The zero-order valence-electron chi connectivity index (χ0n) is 16.5. The van der Waals surface area contributed by atoms with Crippen LogP contribution in [-0.4, -0.2) is 19.2 Å². The smallest absolute Gasteiger partial charge is 0.271 e. The lowest BCUT2D eigenvalue weighted by molar-refractivity contribution is 0.0955. The van der Waals surface area contributed by atoms with Gasteiger partial charge in [-0.15, -0.1) is 0 Å². The molecule has 0 unspecified atom stereocenters. The summed E-state index contributed by atoms with van der Waals surface area (Å²) in [5.74, 6) is 0.815. The number of benzene rings is 3. The third kappa shape index (κ3) is 5.62. The zero-order valence-corrected chi connectivity index (χ0v) is 18.8. The third-order valence-corrected chi connectivity index (χ3v) is 5.42. The number of amides is 1. The van der Waals surface area contributed by atoms with Gasteiger partial charge in [-0.2, -0.15) is 5.10 Å². The van der Waals surface area contributed by atoms with Gasteiger partial charge in [0, 0.05) is 20.6 Å². The van der Waals surface area contributed by atoms with Crippen molar-refractivity contribution in [2.24, 2.45) is 5.10 Å². The molecule has 0 aliphatic rings. The average molecular weight is 488 g/mol. The van der Waals surface area contributed by atoms with Crippen molar-refractivity contribution in [3.63, 3.8) is 0 Å². The number of nitrogens with zero attached hydrogens (tertiary/aromatic N) is 1. The van der Waals surface area contributed by atoms with Gasteiger partial charge in [-0.1, -0.05) is 48.0 Å². The van der Waals surface area contributed by atoms with Crippen LogP contribution in [0.25, 0.3) is 0 Å². The van der Waals surface area contributed by atoms with E-state index in [-0.39, 0.29) is 5.91 Å². The standard InChI is InChI=1S/C23H20BrClN2O3/c1-15-8-9-17(10-20(15)25)23(28)27-26-13-18-11-21(29-2)22(12-19(18)24)30-14-16-6-4-3-5-7-16/h3-13H,14H2,1-2H3,(H,27,28)/b26-13-. The van der Waals surface area contributed by atoms with Crippen LogP contribution in [0.4, 0.5) is 0 Å². The average Bonchev–Trinajstić information content (AvgIpc) is 2.76. The predicted octanol–water partition coefficient (Wildman–Crippen LogP) is 5.76. The molecule has 0 aliphatic heterocycles. The summed E-state index contributed by atoms with van der Waals surface area (Å²) >= 11 is 9.58. The van der Waals surface area contributed by atoms with E-state index in [1.54, 1.807) is 31.4 Å². The Labute approximate surface area is 188 Å². The summed E-state index contributed by atoms with van der Waals surface area (Å²) in [7, 11) is 1.57. The first-order chi connectivity index (χ1) is 14.5. The molecule has 1 N–H and O–H groups in total. The summed E-state index contributed by atoms with van der Waals surface area (Å²) in [4.78, 5) is 12.2. The Hall–Kier alpha value is -2.83. The molecular weight excluding hydrogens is 468 g/mol. The summed E-state index contributed by atoms with van der Waals surface area (Å²) in [6.07, 6.45) is 1.53. The number of rotatable bonds is 7. The molecule has 0 aromatic heterocycles. The molecule has 0 aliphatic carbocycles. The lowest BCUT2D eigenvalue weighted by Gasteiger charge is -2.12. The molecule has 0 saturated carbocycles. The molecular formula is C23H20BrClN2O3. The number of nitrogens with one attached hydrogen (secondary N) is 1. The van der Waals surface area contributed by atoms with Crippen molar-refractivity contribution < 1.29 is 14.3 Å². The first kappa shape index (κ1) is 21.9. The van der Waals surface area contributed by atoms with E-state index in [1.807, 2.05) is 43.3 Å². The summed E-state index contributed by atoms with van der Waals surface area (Å²) in [5, 5.41) is 4.57. The molecule has 0 heterocycles. The van der Waals surface area contributed by atoms with Crippen molar-refractivity contribution in [3.05, 3.63) is 92.4 Å². The summed E-state index contributed by atoms with van der Waals surface area (Å²) in [6, 6.07) is 18.6. The van der Waals surface area contributed by atoms with E-state index in [0.29, 0.717) is 28.7 Å². The third-order valence-electron chi connectivity index (χ3n) is 4.32. The van der Waals surface area contributed by atoms with Crippen LogP contribution in [0.2, 0.25) is 5.02 Å². The second kappa shape index (κ2) is 10.3. The van der Waals surface area contributed by atoms with E-state index in [4.69, 9.17) is 21.1 Å². The van der Waals surface area contributed by atoms with Crippen LogP contribution in [0.5, 0.6) is 11.5 Å². The highest BCUT2D eigenvalue weighted by Crippen LogP contribution is 2.33. The molecule has 3 aromatic rings. The second-order valence-electron chi connectivity index (χ2n) is 6.46. The first-order valence-corrected chi connectivity index (χ1v) is 10.3. The highest BCUT2D eigenvalue weighted by atomic mass is 79.9. The van der Waals surface area contributed by atoms with Gasteiger partial charge >= 0.3 is 0 Å². The Morgan fingerprint density at radius 1 is 1.13 bits per heavy atom. The summed E-state index contributed by atoms with van der Waals surface area (Å²) in [6.45, 7) is 2.30. The quantitative estimate of drug-likeness (QED) is 0.340. The number of ether oxygens (including phenoxy) is 2. The first-order valence-electron chi connectivity index (χ1n) is 9.11. The molecule has 0 atom stereocenters. The van der Waals surface area contributed by atoms with E-state index in [2.05, 4.69) is 26.5 Å². The molecule has 0 radical (unpaired) electrons. The number of methoxy groups -OCH3 is 1. The fraction of sp³-hybridized carbons (Fsp3) is 0.130. The van der Waals surface area contributed by atoms with Gasteiger partial charge in [-0.05, 0) is 58.2 Å². The molecule has 0 bridgehead atoms. The molecule has 154 valence electrons. The SMILES string of the molecule is COc1cc(/C=N\NC(=O)c2ccc(C)c(Cl)c2)c(Br)cc1OCc1ccccc1. The minimum atomic E-state index is -0.348. The second-order valence-corrected chi connectivity index (χ2v) is 7.72. The molecule has 0 fully saturated rings. The Morgan fingerprint density at radius 2 is 1.90 bits per heavy atom. The van der Waals surface area contributed by atoms with Crippen LogP contribution in [-0.2, 0) is 6.61 Å². The van der Waals surface area contributed by atoms with Gasteiger partial charge in [0.2, 0.25) is 0 Å². The maximum absolute atomic E-state index is 12.2. The summed E-state index contributed by atoms with van der Waals surface area (Å²) in [5.41, 5.74) is 5.62. The van der Waals surface area contributed by atoms with Crippen LogP contribution in [0.3, 0.4) is 0 Å². The normalized spacial score (nSPS) is 10.8. The maximum Gasteiger partial charge on any atom is 0.271 e. The molecule has 7 heteroatoms.